The Kier molecular flexibility index (Phi) is 2.37. The van der Waals surface area contributed by atoms with E-state index >= 15 is 0 Å². The number of nitrogens with zero attached hydrogens (tertiary/aromatic N) is 1. The van der Waals surface area contributed by atoms with Gasteiger partial charge in [-0.15, -0.1) is 0 Å². The summed E-state index contributed by atoms with van der Waals surface area (Å²) >= 11 is 0. The Morgan fingerprint density at radius 2 is 2.20 bits per heavy atom. The minimum atomic E-state index is -0.834. The van der Waals surface area contributed by atoms with E-state index in [9.17, 15) is 9.90 Å². The molecule has 1 aliphatic heterocycles. The van der Waals surface area contributed by atoms with Crippen LogP contribution in [0.15, 0.2) is 30.3 Å². The molecule has 1 fully saturated rings. The van der Waals surface area contributed by atoms with E-state index in [4.69, 9.17) is 9.47 Å². The van der Waals surface area contributed by atoms with Crippen LogP contribution in [0.3, 0.4) is 0 Å². The fraction of sp³-hybridized carbons (Fsp3) is 0.333. The summed E-state index contributed by atoms with van der Waals surface area (Å²) in [6.45, 7) is 1.33. The Morgan fingerprint density at radius 3 is 3.00 bits per heavy atom. The lowest BCUT2D eigenvalue weighted by molar-refractivity contribution is -0.154. The maximum absolute atomic E-state index is 11.3. The first-order chi connectivity index (χ1) is 9.65. The summed E-state index contributed by atoms with van der Waals surface area (Å²) in [4.78, 5) is 15.9. The number of rotatable bonds is 1. The van der Waals surface area contributed by atoms with Gasteiger partial charge in [0.1, 0.15) is 18.3 Å². The van der Waals surface area contributed by atoms with Gasteiger partial charge in [-0.3, -0.25) is 4.79 Å². The molecule has 1 aliphatic carbocycles. The Labute approximate surface area is 115 Å². The average molecular weight is 271 g/mol. The summed E-state index contributed by atoms with van der Waals surface area (Å²) in [6.07, 6.45) is -2.04. The number of esters is 1. The largest absolute Gasteiger partial charge is 0.455 e. The van der Waals surface area contributed by atoms with E-state index in [1.54, 1.807) is 0 Å². The van der Waals surface area contributed by atoms with Crippen LogP contribution in [0.2, 0.25) is 0 Å². The molecule has 0 radical (unpaired) electrons. The van der Waals surface area contributed by atoms with Gasteiger partial charge in [0.25, 0.3) is 0 Å². The molecule has 5 nitrogen and oxygen atoms in total. The van der Waals surface area contributed by atoms with E-state index in [1.165, 1.54) is 6.92 Å². The zero-order valence-electron chi connectivity index (χ0n) is 10.8. The van der Waals surface area contributed by atoms with Crippen molar-refractivity contribution in [3.05, 3.63) is 41.6 Å². The number of carbonyl (C=O) groups excluding carboxylic acids is 1. The minimum Gasteiger partial charge on any atom is -0.455 e. The van der Waals surface area contributed by atoms with Gasteiger partial charge in [0, 0.05) is 17.9 Å². The fourth-order valence-corrected chi connectivity index (χ4v) is 2.87. The number of aromatic nitrogens is 1. The van der Waals surface area contributed by atoms with Crippen LogP contribution in [0.1, 0.15) is 30.4 Å². The molecule has 1 aromatic heterocycles. The molecule has 2 aromatic rings. The number of fused-ring (bicyclic) bond motifs is 4. The highest BCUT2D eigenvalue weighted by molar-refractivity contribution is 5.80. The summed E-state index contributed by atoms with van der Waals surface area (Å²) in [6, 6.07) is 9.64. The number of aliphatic hydroxyl groups excluding tert-OH is 1. The van der Waals surface area contributed by atoms with E-state index in [2.05, 4.69) is 4.98 Å². The van der Waals surface area contributed by atoms with Crippen LogP contribution >= 0.6 is 0 Å². The number of aliphatic hydroxyl groups is 1. The molecule has 4 atom stereocenters. The van der Waals surface area contributed by atoms with Crippen LogP contribution in [0, 0.1) is 0 Å². The van der Waals surface area contributed by atoms with Crippen LogP contribution in [0.5, 0.6) is 0 Å². The lowest BCUT2D eigenvalue weighted by atomic mass is 9.90. The predicted molar refractivity (Wildman–Crippen MR) is 69.9 cm³/mol. The van der Waals surface area contributed by atoms with Crippen molar-refractivity contribution in [2.45, 2.75) is 31.3 Å². The molecule has 0 saturated carbocycles. The van der Waals surface area contributed by atoms with Gasteiger partial charge in [-0.1, -0.05) is 18.2 Å². The second-order valence-corrected chi connectivity index (χ2v) is 5.20. The van der Waals surface area contributed by atoms with E-state index in [0.717, 1.165) is 22.2 Å². The fourth-order valence-electron chi connectivity index (χ4n) is 2.87. The molecule has 2 aliphatic rings. The van der Waals surface area contributed by atoms with Crippen molar-refractivity contribution in [3.63, 3.8) is 0 Å². The lowest BCUT2D eigenvalue weighted by Crippen LogP contribution is -2.32. The van der Waals surface area contributed by atoms with Gasteiger partial charge in [0.15, 0.2) is 6.10 Å². The molecule has 0 bridgehead atoms. The van der Waals surface area contributed by atoms with Crippen molar-refractivity contribution < 1.29 is 19.4 Å². The van der Waals surface area contributed by atoms with E-state index in [-0.39, 0.29) is 12.2 Å². The van der Waals surface area contributed by atoms with E-state index < -0.39 is 18.2 Å². The monoisotopic (exact) mass is 271 g/mol. The molecular weight excluding hydrogens is 258 g/mol. The third-order valence-electron chi connectivity index (χ3n) is 3.83. The Morgan fingerprint density at radius 1 is 1.40 bits per heavy atom. The second kappa shape index (κ2) is 4.01. The topological polar surface area (TPSA) is 72.0 Å². The molecule has 4 unspecified atom stereocenters. The van der Waals surface area contributed by atoms with Gasteiger partial charge < -0.3 is 14.6 Å². The predicted octanol–water partition coefficient (Wildman–Crippen LogP) is 1.65. The normalized spacial score (nSPS) is 30.5. The molecule has 1 aromatic carbocycles. The highest BCUT2D eigenvalue weighted by Gasteiger charge is 2.56. The maximum atomic E-state index is 11.3. The van der Waals surface area contributed by atoms with Gasteiger partial charge in [0.05, 0.1) is 11.2 Å². The summed E-state index contributed by atoms with van der Waals surface area (Å²) in [7, 11) is 0. The van der Waals surface area contributed by atoms with Crippen LogP contribution in [0.4, 0.5) is 0 Å². The molecule has 0 amide bonds. The zero-order chi connectivity index (χ0) is 13.9. The first-order valence-electron chi connectivity index (χ1n) is 6.55. The minimum absolute atomic E-state index is 0.184. The average Bonchev–Trinajstić information content (AvgIpc) is 3.22. The number of ether oxygens (including phenoxy) is 2. The third kappa shape index (κ3) is 1.63. The number of para-hydroxylation sites is 1. The first kappa shape index (κ1) is 11.8. The third-order valence-corrected chi connectivity index (χ3v) is 3.83. The summed E-state index contributed by atoms with van der Waals surface area (Å²) in [5.74, 6) is -0.424. The molecule has 20 heavy (non-hydrogen) atoms. The highest BCUT2D eigenvalue weighted by atomic mass is 16.6. The lowest BCUT2D eigenvalue weighted by Gasteiger charge is -2.26. The van der Waals surface area contributed by atoms with Crippen LogP contribution in [0.25, 0.3) is 10.9 Å². The number of hydrogen-bond donors (Lipinski definition) is 1. The Bertz CT molecular complexity index is 714. The standard InChI is InChI=1S/C15H13NO4/c1-7(17)19-13-9-6-8-4-2-3-5-10(8)16-11(9)14-15(20-14)12(13)18/h2-6,12-15,18H,1H3. The van der Waals surface area contributed by atoms with E-state index in [1.807, 2.05) is 30.3 Å². The molecular formula is C15H13NO4. The molecule has 1 saturated heterocycles. The number of epoxide rings is 1. The number of pyridine rings is 1. The van der Waals surface area contributed by atoms with Gasteiger partial charge >= 0.3 is 5.97 Å². The van der Waals surface area contributed by atoms with Gasteiger partial charge in [0.2, 0.25) is 0 Å². The van der Waals surface area contributed by atoms with E-state index in [0.29, 0.717) is 0 Å². The van der Waals surface area contributed by atoms with Gasteiger partial charge in [-0.05, 0) is 12.1 Å². The van der Waals surface area contributed by atoms with Crippen molar-refractivity contribution >= 4 is 16.9 Å². The Hall–Kier alpha value is -1.98. The Balaban J connectivity index is 1.90. The zero-order valence-corrected chi connectivity index (χ0v) is 10.8. The molecule has 0 spiro atoms. The van der Waals surface area contributed by atoms with Crippen molar-refractivity contribution in [1.29, 1.82) is 0 Å². The SMILES string of the molecule is CC(=O)OC1c2cc3ccccc3nc2C2OC2C1O. The maximum Gasteiger partial charge on any atom is 0.303 e. The second-order valence-electron chi connectivity index (χ2n) is 5.20. The molecule has 102 valence electrons. The van der Waals surface area contributed by atoms with Crippen LogP contribution in [-0.4, -0.2) is 28.3 Å². The van der Waals surface area contributed by atoms with Crippen molar-refractivity contribution in [3.8, 4) is 0 Å². The van der Waals surface area contributed by atoms with Crippen molar-refractivity contribution in [2.24, 2.45) is 0 Å². The number of benzene rings is 1. The van der Waals surface area contributed by atoms with Gasteiger partial charge in [-0.2, -0.15) is 0 Å². The molecule has 2 heterocycles. The number of carbonyl (C=O) groups is 1. The summed E-state index contributed by atoms with van der Waals surface area (Å²) in [5, 5.41) is 11.2. The molecule has 4 rings (SSSR count). The van der Waals surface area contributed by atoms with Crippen LogP contribution < -0.4 is 0 Å². The highest BCUT2D eigenvalue weighted by Crippen LogP contribution is 2.51. The first-order valence-corrected chi connectivity index (χ1v) is 6.55. The quantitative estimate of drug-likeness (QED) is 0.630. The summed E-state index contributed by atoms with van der Waals surface area (Å²) < 4.78 is 10.7. The summed E-state index contributed by atoms with van der Waals surface area (Å²) in [5.41, 5.74) is 2.38. The number of hydrogen-bond acceptors (Lipinski definition) is 5. The smallest absolute Gasteiger partial charge is 0.303 e. The van der Waals surface area contributed by atoms with Gasteiger partial charge in [-0.25, -0.2) is 4.98 Å². The molecule has 5 heteroatoms. The van der Waals surface area contributed by atoms with Crippen LogP contribution in [-0.2, 0) is 14.3 Å². The van der Waals surface area contributed by atoms with Crippen molar-refractivity contribution in [2.75, 3.05) is 0 Å². The molecule has 1 N–H and O–H groups in total. The van der Waals surface area contributed by atoms with Crippen molar-refractivity contribution in [1.82, 2.24) is 4.98 Å².